The van der Waals surface area contributed by atoms with Gasteiger partial charge in [-0.2, -0.15) is 0 Å². The molecule has 0 spiro atoms. The largest absolute Gasteiger partial charge is 0.450 e. The zero-order valence-corrected chi connectivity index (χ0v) is 16.2. The molecule has 1 aliphatic carbocycles. The molecular weight excluding hydrogens is 336 g/mol. The van der Waals surface area contributed by atoms with Crippen LogP contribution in [0.15, 0.2) is 42.5 Å². The Hall–Kier alpha value is -2.49. The van der Waals surface area contributed by atoms with Crippen molar-refractivity contribution in [2.24, 2.45) is 5.92 Å². The summed E-state index contributed by atoms with van der Waals surface area (Å²) in [4.78, 5) is 14.1. The molecule has 142 valence electrons. The number of nitrogens with zero attached hydrogens (tertiary/aromatic N) is 1. The van der Waals surface area contributed by atoms with Gasteiger partial charge in [0.1, 0.15) is 0 Å². The Balaban J connectivity index is 1.53. The lowest BCUT2D eigenvalue weighted by Crippen LogP contribution is -2.42. The van der Waals surface area contributed by atoms with Crippen LogP contribution in [0.25, 0.3) is 0 Å². The van der Waals surface area contributed by atoms with Crippen LogP contribution in [0.2, 0.25) is 0 Å². The van der Waals surface area contributed by atoms with E-state index in [2.05, 4.69) is 48.6 Å². The number of rotatable bonds is 4. The molecule has 0 unspecified atom stereocenters. The van der Waals surface area contributed by atoms with Gasteiger partial charge in [-0.15, -0.1) is 0 Å². The number of likely N-dealkylation sites (tertiary alicyclic amines) is 1. The Labute approximate surface area is 161 Å². The zero-order chi connectivity index (χ0) is 18.8. The second-order valence-corrected chi connectivity index (χ2v) is 7.70. The SMILES string of the molecule is CCOC(=O)N1CC[C@@H]2Cc3c(C)cc(NCc4ccccc4)cc3[C@@H]2C1. The lowest BCUT2D eigenvalue weighted by Gasteiger charge is -2.34. The maximum atomic E-state index is 12.2. The van der Waals surface area contributed by atoms with Crippen molar-refractivity contribution in [3.8, 4) is 0 Å². The molecule has 1 N–H and O–H groups in total. The zero-order valence-electron chi connectivity index (χ0n) is 16.2. The van der Waals surface area contributed by atoms with E-state index >= 15 is 0 Å². The van der Waals surface area contributed by atoms with Gasteiger partial charge in [0.2, 0.25) is 0 Å². The molecule has 1 aliphatic heterocycles. The molecular formula is C23H28N2O2. The molecule has 4 nitrogen and oxygen atoms in total. The number of piperidine rings is 1. The van der Waals surface area contributed by atoms with Crippen molar-refractivity contribution in [3.05, 3.63) is 64.7 Å². The van der Waals surface area contributed by atoms with Gasteiger partial charge in [0.15, 0.2) is 0 Å². The second-order valence-electron chi connectivity index (χ2n) is 7.70. The number of anilines is 1. The highest BCUT2D eigenvalue weighted by molar-refractivity contribution is 5.68. The fourth-order valence-electron chi connectivity index (χ4n) is 4.60. The molecule has 1 heterocycles. The Bertz CT molecular complexity index is 819. The fourth-order valence-corrected chi connectivity index (χ4v) is 4.60. The van der Waals surface area contributed by atoms with E-state index in [1.54, 1.807) is 0 Å². The van der Waals surface area contributed by atoms with Gasteiger partial charge in [-0.25, -0.2) is 4.79 Å². The highest BCUT2D eigenvalue weighted by Gasteiger charge is 2.39. The number of fused-ring (bicyclic) bond motifs is 3. The highest BCUT2D eigenvalue weighted by atomic mass is 16.6. The van der Waals surface area contributed by atoms with E-state index in [1.165, 1.54) is 27.9 Å². The Kier molecular flexibility index (Phi) is 5.06. The van der Waals surface area contributed by atoms with Crippen LogP contribution in [0.1, 0.15) is 41.5 Å². The maximum absolute atomic E-state index is 12.2. The van der Waals surface area contributed by atoms with Gasteiger partial charge in [0.25, 0.3) is 0 Å². The summed E-state index contributed by atoms with van der Waals surface area (Å²) in [5.41, 5.74) is 6.72. The van der Waals surface area contributed by atoms with E-state index < -0.39 is 0 Å². The van der Waals surface area contributed by atoms with Crippen LogP contribution in [0.5, 0.6) is 0 Å². The standard InChI is InChI=1S/C23H28N2O2/c1-3-27-23(26)25-10-9-18-12-20-16(2)11-19(13-21(20)22(18)15-25)24-14-17-7-5-4-6-8-17/h4-8,11,13,18,22,24H,3,9-10,12,14-15H2,1-2H3/t18-,22-/m1/s1. The molecule has 4 heteroatoms. The number of benzene rings is 2. The Morgan fingerprint density at radius 2 is 2.07 bits per heavy atom. The highest BCUT2D eigenvalue weighted by Crippen LogP contribution is 2.45. The summed E-state index contributed by atoms with van der Waals surface area (Å²) in [5.74, 6) is 1.07. The molecule has 2 atom stereocenters. The summed E-state index contributed by atoms with van der Waals surface area (Å²) in [6.07, 6.45) is 2.03. The third-order valence-electron chi connectivity index (χ3n) is 5.99. The predicted octanol–water partition coefficient (Wildman–Crippen LogP) is 4.73. The quantitative estimate of drug-likeness (QED) is 0.853. The van der Waals surface area contributed by atoms with Crippen LogP contribution < -0.4 is 5.32 Å². The van der Waals surface area contributed by atoms with E-state index in [0.717, 1.165) is 32.5 Å². The van der Waals surface area contributed by atoms with Crippen molar-refractivity contribution in [3.63, 3.8) is 0 Å². The molecule has 0 saturated carbocycles. The van der Waals surface area contributed by atoms with Crippen LogP contribution in [-0.4, -0.2) is 30.7 Å². The molecule has 27 heavy (non-hydrogen) atoms. The summed E-state index contributed by atoms with van der Waals surface area (Å²) in [7, 11) is 0. The van der Waals surface area contributed by atoms with E-state index in [0.29, 0.717) is 18.4 Å². The Morgan fingerprint density at radius 1 is 1.26 bits per heavy atom. The van der Waals surface area contributed by atoms with E-state index in [1.807, 2.05) is 17.9 Å². The number of carbonyl (C=O) groups excluding carboxylic acids is 1. The van der Waals surface area contributed by atoms with Gasteiger partial charge in [-0.1, -0.05) is 30.3 Å². The van der Waals surface area contributed by atoms with Crippen molar-refractivity contribution in [2.75, 3.05) is 25.0 Å². The van der Waals surface area contributed by atoms with Gasteiger partial charge >= 0.3 is 6.09 Å². The number of carbonyl (C=O) groups is 1. The van der Waals surface area contributed by atoms with Crippen LogP contribution in [0.3, 0.4) is 0 Å². The van der Waals surface area contributed by atoms with Crippen LogP contribution in [0, 0.1) is 12.8 Å². The van der Waals surface area contributed by atoms with Gasteiger partial charge in [-0.3, -0.25) is 0 Å². The monoisotopic (exact) mass is 364 g/mol. The number of amides is 1. The molecule has 0 radical (unpaired) electrons. The van der Waals surface area contributed by atoms with E-state index in [9.17, 15) is 4.79 Å². The van der Waals surface area contributed by atoms with E-state index in [4.69, 9.17) is 4.74 Å². The third-order valence-corrected chi connectivity index (χ3v) is 5.99. The lowest BCUT2D eigenvalue weighted by molar-refractivity contribution is 0.0876. The van der Waals surface area contributed by atoms with Crippen molar-refractivity contribution in [1.29, 1.82) is 0 Å². The molecule has 2 aromatic carbocycles. The van der Waals surface area contributed by atoms with Gasteiger partial charge < -0.3 is 15.0 Å². The first kappa shape index (κ1) is 17.9. The number of aryl methyl sites for hydroxylation is 1. The minimum Gasteiger partial charge on any atom is -0.450 e. The first-order valence-electron chi connectivity index (χ1n) is 9.98. The minimum absolute atomic E-state index is 0.167. The molecule has 2 aliphatic rings. The number of hydrogen-bond acceptors (Lipinski definition) is 3. The summed E-state index contributed by atoms with van der Waals surface area (Å²) in [5, 5.41) is 3.58. The second kappa shape index (κ2) is 7.63. The van der Waals surface area contributed by atoms with Crippen molar-refractivity contribution >= 4 is 11.8 Å². The van der Waals surface area contributed by atoms with Crippen LogP contribution in [-0.2, 0) is 17.7 Å². The van der Waals surface area contributed by atoms with Gasteiger partial charge in [0, 0.05) is 31.2 Å². The normalized spacial score (nSPS) is 20.7. The number of hydrogen-bond donors (Lipinski definition) is 1. The van der Waals surface area contributed by atoms with Gasteiger partial charge in [-0.05, 0) is 67.0 Å². The van der Waals surface area contributed by atoms with Crippen molar-refractivity contribution in [2.45, 2.75) is 39.2 Å². The summed E-state index contributed by atoms with van der Waals surface area (Å²) >= 11 is 0. The first-order chi connectivity index (χ1) is 13.2. The molecule has 1 fully saturated rings. The number of nitrogens with one attached hydrogen (secondary N) is 1. The van der Waals surface area contributed by atoms with Gasteiger partial charge in [0.05, 0.1) is 6.61 Å². The summed E-state index contributed by atoms with van der Waals surface area (Å²) < 4.78 is 5.23. The molecule has 0 aromatic heterocycles. The van der Waals surface area contributed by atoms with Crippen LogP contribution >= 0.6 is 0 Å². The smallest absolute Gasteiger partial charge is 0.409 e. The molecule has 2 aromatic rings. The first-order valence-corrected chi connectivity index (χ1v) is 9.98. The van der Waals surface area contributed by atoms with Crippen molar-refractivity contribution in [1.82, 2.24) is 4.90 Å². The fraction of sp³-hybridized carbons (Fsp3) is 0.435. The van der Waals surface area contributed by atoms with Crippen LogP contribution in [0.4, 0.5) is 10.5 Å². The van der Waals surface area contributed by atoms with Crippen molar-refractivity contribution < 1.29 is 9.53 Å². The molecule has 1 saturated heterocycles. The average molecular weight is 364 g/mol. The summed E-state index contributed by atoms with van der Waals surface area (Å²) in [6.45, 7) is 6.93. The number of ether oxygens (including phenoxy) is 1. The topological polar surface area (TPSA) is 41.6 Å². The maximum Gasteiger partial charge on any atom is 0.409 e. The minimum atomic E-state index is -0.167. The molecule has 1 amide bonds. The Morgan fingerprint density at radius 3 is 2.85 bits per heavy atom. The summed E-state index contributed by atoms with van der Waals surface area (Å²) in [6, 6.07) is 15.0. The predicted molar refractivity (Wildman–Crippen MR) is 108 cm³/mol. The molecule has 0 bridgehead atoms. The molecule has 4 rings (SSSR count). The van der Waals surface area contributed by atoms with E-state index in [-0.39, 0.29) is 6.09 Å². The third kappa shape index (κ3) is 3.66. The average Bonchev–Trinajstić information content (AvgIpc) is 3.06. The lowest BCUT2D eigenvalue weighted by atomic mass is 9.86.